The molecule has 0 radical (unpaired) electrons. The van der Waals surface area contributed by atoms with Gasteiger partial charge in [0.25, 0.3) is 0 Å². The Balaban J connectivity index is 3.60. The molecule has 0 aliphatic heterocycles. The lowest BCUT2D eigenvalue weighted by atomic mass is 10.1. The predicted octanol–water partition coefficient (Wildman–Crippen LogP) is 0.727. The number of ether oxygens (including phenoxy) is 1. The fraction of sp³-hybridized carbons (Fsp3) is 0.909. The van der Waals surface area contributed by atoms with Crippen molar-refractivity contribution in [3.05, 3.63) is 0 Å². The average molecular weight is 216 g/mol. The van der Waals surface area contributed by atoms with E-state index in [1.807, 2.05) is 7.05 Å². The van der Waals surface area contributed by atoms with Crippen LogP contribution in [0, 0.1) is 5.92 Å². The molecule has 1 N–H and O–H groups in total. The molecule has 4 heteroatoms. The molecular weight excluding hydrogens is 192 g/mol. The molecule has 0 rings (SSSR count). The monoisotopic (exact) mass is 216 g/mol. The van der Waals surface area contributed by atoms with E-state index in [1.165, 1.54) is 0 Å². The summed E-state index contributed by atoms with van der Waals surface area (Å²) in [5.74, 6) is 0.712. The second kappa shape index (κ2) is 8.68. The highest BCUT2D eigenvalue weighted by Crippen LogP contribution is 2.02. The van der Waals surface area contributed by atoms with Gasteiger partial charge in [-0.2, -0.15) is 0 Å². The fourth-order valence-electron chi connectivity index (χ4n) is 1.20. The molecule has 0 spiro atoms. The van der Waals surface area contributed by atoms with Gasteiger partial charge >= 0.3 is 0 Å². The maximum Gasteiger partial charge on any atom is 0.236 e. The van der Waals surface area contributed by atoms with E-state index in [0.29, 0.717) is 19.1 Å². The fourth-order valence-corrected chi connectivity index (χ4v) is 1.20. The summed E-state index contributed by atoms with van der Waals surface area (Å²) >= 11 is 0. The van der Waals surface area contributed by atoms with Gasteiger partial charge < -0.3 is 15.0 Å². The highest BCUT2D eigenvalue weighted by atomic mass is 16.5. The van der Waals surface area contributed by atoms with Gasteiger partial charge in [0.2, 0.25) is 5.91 Å². The maximum absolute atomic E-state index is 11.6. The average Bonchev–Trinajstić information content (AvgIpc) is 2.23. The first-order chi connectivity index (χ1) is 7.11. The van der Waals surface area contributed by atoms with E-state index in [2.05, 4.69) is 19.2 Å². The van der Waals surface area contributed by atoms with E-state index in [1.54, 1.807) is 12.0 Å². The van der Waals surface area contributed by atoms with Gasteiger partial charge in [0.1, 0.15) is 0 Å². The van der Waals surface area contributed by atoms with Crippen molar-refractivity contribution in [3.63, 3.8) is 0 Å². The molecule has 15 heavy (non-hydrogen) atoms. The standard InChI is InChI=1S/C11H24N2O2/c1-5-10(2)9-13(3)11(14)8-12-6-7-15-4/h10,12H,5-9H2,1-4H3. The largest absolute Gasteiger partial charge is 0.383 e. The van der Waals surface area contributed by atoms with Crippen molar-refractivity contribution in [1.82, 2.24) is 10.2 Å². The Labute approximate surface area is 93.0 Å². The van der Waals surface area contributed by atoms with E-state index >= 15 is 0 Å². The van der Waals surface area contributed by atoms with Gasteiger partial charge in [0, 0.05) is 27.2 Å². The van der Waals surface area contributed by atoms with Crippen molar-refractivity contribution >= 4 is 5.91 Å². The zero-order valence-corrected chi connectivity index (χ0v) is 10.4. The Morgan fingerprint density at radius 3 is 2.73 bits per heavy atom. The Morgan fingerprint density at radius 2 is 2.20 bits per heavy atom. The molecule has 0 aliphatic carbocycles. The highest BCUT2D eigenvalue weighted by Gasteiger charge is 2.10. The van der Waals surface area contributed by atoms with Crippen LogP contribution in [0.5, 0.6) is 0 Å². The molecule has 0 bridgehead atoms. The second-order valence-corrected chi connectivity index (χ2v) is 3.96. The summed E-state index contributed by atoms with van der Waals surface area (Å²) in [6, 6.07) is 0. The molecule has 0 aromatic carbocycles. The van der Waals surface area contributed by atoms with Crippen LogP contribution in [0.25, 0.3) is 0 Å². The second-order valence-electron chi connectivity index (χ2n) is 3.96. The first-order valence-corrected chi connectivity index (χ1v) is 5.55. The lowest BCUT2D eigenvalue weighted by molar-refractivity contribution is -0.129. The zero-order valence-electron chi connectivity index (χ0n) is 10.4. The number of hydrogen-bond donors (Lipinski definition) is 1. The lowest BCUT2D eigenvalue weighted by Crippen LogP contribution is -2.38. The van der Waals surface area contributed by atoms with Gasteiger partial charge in [-0.25, -0.2) is 0 Å². The molecule has 90 valence electrons. The van der Waals surface area contributed by atoms with Crippen LogP contribution in [0.1, 0.15) is 20.3 Å². The van der Waals surface area contributed by atoms with Crippen LogP contribution in [0.15, 0.2) is 0 Å². The molecule has 0 aromatic rings. The number of rotatable bonds is 8. The van der Waals surface area contributed by atoms with Gasteiger partial charge in [-0.3, -0.25) is 4.79 Å². The van der Waals surface area contributed by atoms with Crippen LogP contribution in [0.4, 0.5) is 0 Å². The van der Waals surface area contributed by atoms with Crippen molar-refractivity contribution in [2.24, 2.45) is 5.92 Å². The van der Waals surface area contributed by atoms with E-state index in [-0.39, 0.29) is 5.91 Å². The van der Waals surface area contributed by atoms with Crippen molar-refractivity contribution in [1.29, 1.82) is 0 Å². The van der Waals surface area contributed by atoms with Crippen LogP contribution in [0.2, 0.25) is 0 Å². The maximum atomic E-state index is 11.6. The van der Waals surface area contributed by atoms with Crippen LogP contribution in [0.3, 0.4) is 0 Å². The van der Waals surface area contributed by atoms with E-state index in [0.717, 1.165) is 19.5 Å². The lowest BCUT2D eigenvalue weighted by Gasteiger charge is -2.20. The summed E-state index contributed by atoms with van der Waals surface area (Å²) in [5.41, 5.74) is 0. The summed E-state index contributed by atoms with van der Waals surface area (Å²) in [4.78, 5) is 13.4. The molecule has 0 saturated carbocycles. The molecule has 1 unspecified atom stereocenters. The van der Waals surface area contributed by atoms with Gasteiger partial charge in [-0.15, -0.1) is 0 Å². The normalized spacial score (nSPS) is 12.5. The number of likely N-dealkylation sites (N-methyl/N-ethyl adjacent to an activating group) is 1. The van der Waals surface area contributed by atoms with Crippen LogP contribution in [-0.2, 0) is 9.53 Å². The SMILES string of the molecule is CCC(C)CN(C)C(=O)CNCCOC. The summed E-state index contributed by atoms with van der Waals surface area (Å²) in [5, 5.41) is 3.04. The highest BCUT2D eigenvalue weighted by molar-refractivity contribution is 5.77. The van der Waals surface area contributed by atoms with E-state index in [4.69, 9.17) is 4.74 Å². The number of nitrogens with zero attached hydrogens (tertiary/aromatic N) is 1. The van der Waals surface area contributed by atoms with Crippen LogP contribution in [-0.4, -0.2) is 51.2 Å². The number of amides is 1. The molecule has 0 aliphatic rings. The number of carbonyl (C=O) groups excluding carboxylic acids is 1. The van der Waals surface area contributed by atoms with Gasteiger partial charge in [0.15, 0.2) is 0 Å². The summed E-state index contributed by atoms with van der Waals surface area (Å²) in [6.07, 6.45) is 1.11. The number of carbonyl (C=O) groups is 1. The van der Waals surface area contributed by atoms with Gasteiger partial charge in [-0.05, 0) is 5.92 Å². The van der Waals surface area contributed by atoms with E-state index < -0.39 is 0 Å². The third kappa shape index (κ3) is 7.33. The van der Waals surface area contributed by atoms with Crippen molar-refractivity contribution in [3.8, 4) is 0 Å². The predicted molar refractivity (Wildman–Crippen MR) is 61.8 cm³/mol. The van der Waals surface area contributed by atoms with Crippen LogP contribution >= 0.6 is 0 Å². The molecule has 0 heterocycles. The first kappa shape index (κ1) is 14.4. The zero-order chi connectivity index (χ0) is 11.7. The van der Waals surface area contributed by atoms with E-state index in [9.17, 15) is 4.79 Å². The molecule has 1 amide bonds. The van der Waals surface area contributed by atoms with Crippen LogP contribution < -0.4 is 5.32 Å². The number of nitrogens with one attached hydrogen (secondary N) is 1. The molecule has 1 atom stereocenters. The molecule has 0 fully saturated rings. The summed E-state index contributed by atoms with van der Waals surface area (Å²) < 4.78 is 4.88. The Bertz CT molecular complexity index is 174. The van der Waals surface area contributed by atoms with Gasteiger partial charge in [-0.1, -0.05) is 20.3 Å². The molecule has 0 aromatic heterocycles. The minimum Gasteiger partial charge on any atom is -0.383 e. The topological polar surface area (TPSA) is 41.6 Å². The number of methoxy groups -OCH3 is 1. The third-order valence-electron chi connectivity index (χ3n) is 2.47. The minimum atomic E-state index is 0.145. The Kier molecular flexibility index (Phi) is 8.33. The first-order valence-electron chi connectivity index (χ1n) is 5.55. The van der Waals surface area contributed by atoms with Crippen molar-refractivity contribution in [2.75, 3.05) is 40.4 Å². The minimum absolute atomic E-state index is 0.145. The summed E-state index contributed by atoms with van der Waals surface area (Å²) in [7, 11) is 3.51. The van der Waals surface area contributed by atoms with Crippen molar-refractivity contribution < 1.29 is 9.53 Å². The Morgan fingerprint density at radius 1 is 1.53 bits per heavy atom. The third-order valence-corrected chi connectivity index (χ3v) is 2.47. The molecule has 0 saturated heterocycles. The summed E-state index contributed by atoms with van der Waals surface area (Å²) in [6.45, 7) is 6.89. The Hall–Kier alpha value is -0.610. The van der Waals surface area contributed by atoms with Gasteiger partial charge in [0.05, 0.1) is 13.2 Å². The molecular formula is C11H24N2O2. The molecule has 4 nitrogen and oxygen atoms in total. The van der Waals surface area contributed by atoms with Crippen molar-refractivity contribution in [2.45, 2.75) is 20.3 Å². The number of hydrogen-bond acceptors (Lipinski definition) is 3. The quantitative estimate of drug-likeness (QED) is 0.608. The smallest absolute Gasteiger partial charge is 0.236 e.